The lowest BCUT2D eigenvalue weighted by atomic mass is 9.83. The Hall–Kier alpha value is -3.43. The number of hydrogen-bond donors (Lipinski definition) is 1. The molecule has 1 aromatic carbocycles. The van der Waals surface area contributed by atoms with Crippen LogP contribution in [0.5, 0.6) is 5.75 Å². The average molecular weight is 526 g/mol. The lowest BCUT2D eigenvalue weighted by molar-refractivity contribution is 0.396. The van der Waals surface area contributed by atoms with Gasteiger partial charge in [0.25, 0.3) is 5.56 Å². The van der Waals surface area contributed by atoms with Crippen molar-refractivity contribution in [2.45, 2.75) is 39.0 Å². The Labute approximate surface area is 218 Å². The van der Waals surface area contributed by atoms with Crippen LogP contribution in [-0.2, 0) is 15.4 Å². The molecule has 0 fully saturated rings. The molecule has 198 valence electrons. The summed E-state index contributed by atoms with van der Waals surface area (Å²) in [5.41, 5.74) is 3.44. The second-order valence-corrected chi connectivity index (χ2v) is 12.2. The fraction of sp³-hybridized carbons (Fsp3) is 0.357. The Morgan fingerprint density at radius 3 is 2.41 bits per heavy atom. The third-order valence-electron chi connectivity index (χ3n) is 6.26. The maximum absolute atomic E-state index is 12.6. The smallest absolute Gasteiger partial charge is 0.332 e. The SMILES string of the molecule is C=C1/C=C\C(c2cc(-n3ccc(=O)[nH]c3=O)cc(C(C)(C)C)c2OC)=C/CC/C=C\1CN(C)S(C)(=O)=O. The Morgan fingerprint density at radius 1 is 1.14 bits per heavy atom. The molecule has 1 aliphatic carbocycles. The first-order valence-electron chi connectivity index (χ1n) is 12.0. The van der Waals surface area contributed by atoms with Crippen LogP contribution in [0.2, 0.25) is 0 Å². The highest BCUT2D eigenvalue weighted by molar-refractivity contribution is 7.88. The molecule has 1 aliphatic rings. The molecule has 0 bridgehead atoms. The van der Waals surface area contributed by atoms with Crippen LogP contribution >= 0.6 is 0 Å². The van der Waals surface area contributed by atoms with E-state index in [4.69, 9.17) is 4.74 Å². The van der Waals surface area contributed by atoms with Gasteiger partial charge in [-0.15, -0.1) is 0 Å². The number of sulfonamides is 1. The van der Waals surface area contributed by atoms with Crippen molar-refractivity contribution < 1.29 is 13.2 Å². The molecule has 0 amide bonds. The number of nitrogens with one attached hydrogen (secondary N) is 1. The third-order valence-corrected chi connectivity index (χ3v) is 7.52. The number of aromatic nitrogens is 2. The van der Waals surface area contributed by atoms with E-state index in [1.807, 2.05) is 30.4 Å². The molecular weight excluding hydrogens is 490 g/mol. The van der Waals surface area contributed by atoms with Gasteiger partial charge in [-0.25, -0.2) is 17.5 Å². The molecule has 0 atom stereocenters. The Balaban J connectivity index is 2.15. The monoisotopic (exact) mass is 525 g/mol. The molecule has 0 aliphatic heterocycles. The minimum Gasteiger partial charge on any atom is -0.496 e. The molecule has 1 N–H and O–H groups in total. The van der Waals surface area contributed by atoms with Crippen LogP contribution < -0.4 is 16.0 Å². The van der Waals surface area contributed by atoms with Crippen molar-refractivity contribution in [2.75, 3.05) is 27.0 Å². The fourth-order valence-corrected chi connectivity index (χ4v) is 4.45. The highest BCUT2D eigenvalue weighted by Crippen LogP contribution is 2.40. The zero-order valence-corrected chi connectivity index (χ0v) is 23.1. The van der Waals surface area contributed by atoms with Gasteiger partial charge in [0.2, 0.25) is 10.0 Å². The normalized spacial score (nSPS) is 18.7. The van der Waals surface area contributed by atoms with Gasteiger partial charge in [0, 0.05) is 37.0 Å². The highest BCUT2D eigenvalue weighted by atomic mass is 32.2. The van der Waals surface area contributed by atoms with Crippen molar-refractivity contribution in [1.82, 2.24) is 13.9 Å². The third kappa shape index (κ3) is 6.67. The molecule has 3 rings (SSSR count). The van der Waals surface area contributed by atoms with E-state index in [-0.39, 0.29) is 12.0 Å². The summed E-state index contributed by atoms with van der Waals surface area (Å²) in [5.74, 6) is 0.694. The van der Waals surface area contributed by atoms with Crippen molar-refractivity contribution >= 4 is 15.6 Å². The zero-order chi connectivity index (χ0) is 27.5. The summed E-state index contributed by atoms with van der Waals surface area (Å²) in [5, 5.41) is 0. The van der Waals surface area contributed by atoms with Crippen LogP contribution in [0.4, 0.5) is 0 Å². The Kier molecular flexibility index (Phi) is 8.29. The molecule has 9 heteroatoms. The molecule has 0 saturated carbocycles. The lowest BCUT2D eigenvalue weighted by Gasteiger charge is -2.26. The van der Waals surface area contributed by atoms with E-state index >= 15 is 0 Å². The van der Waals surface area contributed by atoms with E-state index in [1.54, 1.807) is 14.2 Å². The second kappa shape index (κ2) is 10.9. The summed E-state index contributed by atoms with van der Waals surface area (Å²) in [6.07, 6.45) is 12.0. The van der Waals surface area contributed by atoms with E-state index in [1.165, 1.54) is 27.4 Å². The maximum atomic E-state index is 12.6. The van der Waals surface area contributed by atoms with Crippen LogP contribution in [0.3, 0.4) is 0 Å². The number of benzene rings is 1. The minimum absolute atomic E-state index is 0.236. The van der Waals surface area contributed by atoms with Gasteiger partial charge in [0.05, 0.1) is 19.1 Å². The first kappa shape index (κ1) is 28.1. The molecule has 37 heavy (non-hydrogen) atoms. The van der Waals surface area contributed by atoms with Gasteiger partial charge in [-0.1, -0.05) is 51.7 Å². The number of methoxy groups -OCH3 is 1. The predicted molar refractivity (Wildman–Crippen MR) is 149 cm³/mol. The molecular formula is C28H35N3O5S. The summed E-state index contributed by atoms with van der Waals surface area (Å²) >= 11 is 0. The van der Waals surface area contributed by atoms with Gasteiger partial charge in [-0.2, -0.15) is 0 Å². The van der Waals surface area contributed by atoms with Crippen LogP contribution in [0.25, 0.3) is 11.3 Å². The van der Waals surface area contributed by atoms with E-state index in [9.17, 15) is 18.0 Å². The summed E-state index contributed by atoms with van der Waals surface area (Å²) in [7, 11) is -0.155. The van der Waals surface area contributed by atoms with Crippen LogP contribution in [0.15, 0.2) is 76.0 Å². The first-order chi connectivity index (χ1) is 17.2. The van der Waals surface area contributed by atoms with Crippen molar-refractivity contribution in [2.24, 2.45) is 0 Å². The largest absolute Gasteiger partial charge is 0.496 e. The number of hydrogen-bond acceptors (Lipinski definition) is 5. The summed E-state index contributed by atoms with van der Waals surface area (Å²) in [6.45, 7) is 10.6. The first-order valence-corrected chi connectivity index (χ1v) is 13.8. The van der Waals surface area contributed by atoms with E-state index in [2.05, 4.69) is 38.4 Å². The number of H-pyrrole nitrogens is 1. The molecule has 0 spiro atoms. The van der Waals surface area contributed by atoms with Crippen molar-refractivity contribution in [1.29, 1.82) is 0 Å². The molecule has 8 nitrogen and oxygen atoms in total. The van der Waals surface area contributed by atoms with Crippen LogP contribution in [0, 0.1) is 0 Å². The van der Waals surface area contributed by atoms with Crippen LogP contribution in [-0.4, -0.2) is 49.2 Å². The molecule has 0 unspecified atom stereocenters. The number of nitrogens with zero attached hydrogens (tertiary/aromatic N) is 2. The summed E-state index contributed by atoms with van der Waals surface area (Å²) < 4.78 is 32.5. The number of aromatic amines is 1. The minimum atomic E-state index is -3.33. The van der Waals surface area contributed by atoms with Gasteiger partial charge >= 0.3 is 5.69 Å². The average Bonchev–Trinajstić information content (AvgIpc) is 2.88. The topological polar surface area (TPSA) is 101 Å². The standard InChI is InChI=1S/C28H35N3O5S/c1-19-12-13-20(10-8-9-11-21(19)18-30(5)37(7,34)35)23-16-22(31-15-14-25(32)29-27(31)33)17-24(26(23)36-6)28(2,3)4/h10-17H,1,8-9,18H2,2-7H3,(H,29,32,33)/b13-12-,20-10+,21-11-. The van der Waals surface area contributed by atoms with E-state index < -0.39 is 21.3 Å². The van der Waals surface area contributed by atoms with Crippen molar-refractivity contribution in [3.8, 4) is 11.4 Å². The molecule has 0 saturated heterocycles. The number of rotatable bonds is 6. The Morgan fingerprint density at radius 2 is 1.81 bits per heavy atom. The van der Waals surface area contributed by atoms with Gasteiger partial charge < -0.3 is 4.74 Å². The number of ether oxygens (including phenoxy) is 1. The quantitative estimate of drug-likeness (QED) is 0.616. The maximum Gasteiger partial charge on any atom is 0.332 e. The Bertz CT molecular complexity index is 1520. The predicted octanol–water partition coefficient (Wildman–Crippen LogP) is 3.94. The number of allylic oxidation sites excluding steroid dienone is 5. The summed E-state index contributed by atoms with van der Waals surface area (Å²) in [4.78, 5) is 26.6. The fourth-order valence-electron chi connectivity index (χ4n) is 4.08. The lowest BCUT2D eigenvalue weighted by Crippen LogP contribution is -2.28. The van der Waals surface area contributed by atoms with Crippen molar-refractivity contribution in [3.05, 3.63) is 98.4 Å². The van der Waals surface area contributed by atoms with E-state index in [0.29, 0.717) is 29.9 Å². The molecule has 1 aromatic heterocycles. The second-order valence-electron chi connectivity index (χ2n) is 10.1. The van der Waals surface area contributed by atoms with Gasteiger partial charge in [0.1, 0.15) is 5.75 Å². The zero-order valence-electron chi connectivity index (χ0n) is 22.3. The van der Waals surface area contributed by atoms with Gasteiger partial charge in [-0.3, -0.25) is 14.3 Å². The summed E-state index contributed by atoms with van der Waals surface area (Å²) in [6, 6.07) is 5.09. The molecule has 0 radical (unpaired) electrons. The van der Waals surface area contributed by atoms with Gasteiger partial charge in [-0.05, 0) is 47.1 Å². The van der Waals surface area contributed by atoms with Crippen molar-refractivity contribution in [3.63, 3.8) is 0 Å². The highest BCUT2D eigenvalue weighted by Gasteiger charge is 2.24. The number of likely N-dealkylation sites (N-methyl/N-ethyl adjacent to an activating group) is 1. The molecule has 1 heterocycles. The van der Waals surface area contributed by atoms with Crippen LogP contribution in [0.1, 0.15) is 44.7 Å². The molecule has 2 aromatic rings. The van der Waals surface area contributed by atoms with Gasteiger partial charge in [0.15, 0.2) is 0 Å². The van der Waals surface area contributed by atoms with E-state index in [0.717, 1.165) is 22.3 Å².